The van der Waals surface area contributed by atoms with E-state index in [2.05, 4.69) is 26.3 Å². The summed E-state index contributed by atoms with van der Waals surface area (Å²) in [4.78, 5) is 25.5. The molecule has 0 spiro atoms. The second-order valence-corrected chi connectivity index (χ2v) is 9.64. The molecule has 0 bridgehead atoms. The lowest BCUT2D eigenvalue weighted by atomic mass is 9.94. The SMILES string of the molecule is Nc1nc(SCCC(=O)NC2CCCC2)nc(-c2c(Cl)cc3c4c(cccc24)COC3)n1. The Labute approximate surface area is 195 Å². The number of thioether (sulfide) groups is 1. The lowest BCUT2D eigenvalue weighted by Crippen LogP contribution is -2.32. The summed E-state index contributed by atoms with van der Waals surface area (Å²) >= 11 is 8.07. The molecule has 0 atom stereocenters. The van der Waals surface area contributed by atoms with E-state index in [0.717, 1.165) is 40.3 Å². The number of carbonyl (C=O) groups is 1. The van der Waals surface area contributed by atoms with Gasteiger partial charge in [0.25, 0.3) is 0 Å². The van der Waals surface area contributed by atoms with Crippen molar-refractivity contribution in [3.05, 3.63) is 40.4 Å². The molecule has 0 unspecified atom stereocenters. The van der Waals surface area contributed by atoms with Crippen LogP contribution in [0, 0.1) is 0 Å². The van der Waals surface area contributed by atoms with E-state index >= 15 is 0 Å². The van der Waals surface area contributed by atoms with Crippen LogP contribution < -0.4 is 11.1 Å². The molecule has 1 saturated carbocycles. The first-order chi connectivity index (χ1) is 15.6. The molecule has 3 N–H and O–H groups in total. The molecule has 1 amide bonds. The van der Waals surface area contributed by atoms with E-state index in [1.54, 1.807) is 0 Å². The number of carbonyl (C=O) groups excluding carboxylic acids is 1. The highest BCUT2D eigenvalue weighted by atomic mass is 35.5. The monoisotopic (exact) mass is 469 g/mol. The first kappa shape index (κ1) is 21.4. The fourth-order valence-electron chi connectivity index (χ4n) is 4.50. The predicted molar refractivity (Wildman–Crippen MR) is 126 cm³/mol. The predicted octanol–water partition coefficient (Wildman–Crippen LogP) is 4.50. The van der Waals surface area contributed by atoms with Gasteiger partial charge in [-0.25, -0.2) is 4.98 Å². The van der Waals surface area contributed by atoms with E-state index in [-0.39, 0.29) is 11.9 Å². The molecule has 32 heavy (non-hydrogen) atoms. The van der Waals surface area contributed by atoms with Crippen molar-refractivity contribution < 1.29 is 9.53 Å². The minimum absolute atomic E-state index is 0.0699. The zero-order valence-electron chi connectivity index (χ0n) is 17.6. The maximum atomic E-state index is 12.2. The highest BCUT2D eigenvalue weighted by Crippen LogP contribution is 2.39. The molecule has 1 fully saturated rings. The van der Waals surface area contributed by atoms with Crippen molar-refractivity contribution in [1.82, 2.24) is 20.3 Å². The quantitative estimate of drug-likeness (QED) is 0.512. The summed E-state index contributed by atoms with van der Waals surface area (Å²) in [7, 11) is 0. The molecule has 2 heterocycles. The summed E-state index contributed by atoms with van der Waals surface area (Å²) in [6.07, 6.45) is 4.95. The van der Waals surface area contributed by atoms with Crippen molar-refractivity contribution >= 4 is 46.0 Å². The Morgan fingerprint density at radius 1 is 1.19 bits per heavy atom. The zero-order valence-corrected chi connectivity index (χ0v) is 19.1. The number of hydrogen-bond donors (Lipinski definition) is 2. The minimum atomic E-state index is 0.0699. The number of rotatable bonds is 6. The van der Waals surface area contributed by atoms with Gasteiger partial charge in [-0.2, -0.15) is 9.97 Å². The molecule has 7 nitrogen and oxygen atoms in total. The van der Waals surface area contributed by atoms with Crippen molar-refractivity contribution in [1.29, 1.82) is 0 Å². The number of nitrogen functional groups attached to an aromatic ring is 1. The number of aromatic nitrogens is 3. The molecule has 0 saturated heterocycles. The number of ether oxygens (including phenoxy) is 1. The molecule has 9 heteroatoms. The van der Waals surface area contributed by atoms with E-state index in [0.29, 0.717) is 47.4 Å². The number of nitrogens with two attached hydrogens (primary N) is 1. The van der Waals surface area contributed by atoms with Gasteiger partial charge in [-0.3, -0.25) is 4.79 Å². The smallest absolute Gasteiger partial charge is 0.224 e. The number of benzene rings is 2. The fourth-order valence-corrected chi connectivity index (χ4v) is 5.60. The Morgan fingerprint density at radius 3 is 2.84 bits per heavy atom. The molecule has 2 aliphatic rings. The fraction of sp³-hybridized carbons (Fsp3) is 0.391. The molecular weight excluding hydrogens is 446 g/mol. The van der Waals surface area contributed by atoms with Gasteiger partial charge in [-0.15, -0.1) is 0 Å². The summed E-state index contributed by atoms with van der Waals surface area (Å²) in [5, 5.41) is 6.25. The third kappa shape index (κ3) is 4.40. The number of hydrogen-bond acceptors (Lipinski definition) is 7. The standard InChI is InChI=1S/C23H24ClN5O2S/c24-17-10-14-12-31-11-13-4-3-7-16(19(13)14)20(17)21-27-22(25)29-23(28-21)32-9-8-18(30)26-15-5-1-2-6-15/h3-4,7,10,15H,1-2,5-6,8-9,11-12H2,(H,26,30)(H2,25,27,28,29). The lowest BCUT2D eigenvalue weighted by Gasteiger charge is -2.20. The molecule has 166 valence electrons. The second kappa shape index (κ2) is 9.21. The van der Waals surface area contributed by atoms with E-state index in [9.17, 15) is 4.79 Å². The largest absolute Gasteiger partial charge is 0.372 e. The van der Waals surface area contributed by atoms with Crippen molar-refractivity contribution in [3.8, 4) is 11.4 Å². The van der Waals surface area contributed by atoms with Gasteiger partial charge in [-0.1, -0.05) is 54.4 Å². The average molecular weight is 470 g/mol. The van der Waals surface area contributed by atoms with Crippen molar-refractivity contribution in [2.24, 2.45) is 0 Å². The van der Waals surface area contributed by atoms with Gasteiger partial charge >= 0.3 is 0 Å². The maximum Gasteiger partial charge on any atom is 0.224 e. The Balaban J connectivity index is 1.39. The average Bonchev–Trinajstić information content (AvgIpc) is 3.26. The van der Waals surface area contributed by atoms with Crippen LogP contribution in [-0.4, -0.2) is 32.7 Å². The maximum absolute atomic E-state index is 12.2. The van der Waals surface area contributed by atoms with Crippen LogP contribution in [0.3, 0.4) is 0 Å². The van der Waals surface area contributed by atoms with Crippen molar-refractivity contribution in [2.45, 2.75) is 56.5 Å². The van der Waals surface area contributed by atoms with Crippen LogP contribution in [0.25, 0.3) is 22.2 Å². The summed E-state index contributed by atoms with van der Waals surface area (Å²) in [5.74, 6) is 1.21. The van der Waals surface area contributed by atoms with Gasteiger partial charge in [0.15, 0.2) is 11.0 Å². The summed E-state index contributed by atoms with van der Waals surface area (Å²) < 4.78 is 5.67. The third-order valence-corrected chi connectivity index (χ3v) is 7.08. The van der Waals surface area contributed by atoms with Crippen molar-refractivity contribution in [3.63, 3.8) is 0 Å². The van der Waals surface area contributed by atoms with Crippen LogP contribution in [0.15, 0.2) is 29.4 Å². The van der Waals surface area contributed by atoms with Crippen LogP contribution in [-0.2, 0) is 22.7 Å². The first-order valence-electron chi connectivity index (χ1n) is 10.8. The number of anilines is 1. The van der Waals surface area contributed by atoms with Gasteiger partial charge in [-0.05, 0) is 40.8 Å². The second-order valence-electron chi connectivity index (χ2n) is 8.17. The van der Waals surface area contributed by atoms with Crippen LogP contribution in [0.5, 0.6) is 0 Å². The molecule has 3 aromatic rings. The van der Waals surface area contributed by atoms with Crippen LogP contribution in [0.4, 0.5) is 5.95 Å². The van der Waals surface area contributed by atoms with Gasteiger partial charge < -0.3 is 15.8 Å². The number of amides is 1. The van der Waals surface area contributed by atoms with E-state index in [1.165, 1.54) is 24.6 Å². The molecule has 5 rings (SSSR count). The van der Waals surface area contributed by atoms with Gasteiger partial charge in [0.1, 0.15) is 0 Å². The van der Waals surface area contributed by atoms with Gasteiger partial charge in [0, 0.05) is 23.8 Å². The zero-order chi connectivity index (χ0) is 22.1. The number of nitrogens with zero attached hydrogens (tertiary/aromatic N) is 3. The normalized spacial score (nSPS) is 15.9. The molecule has 0 radical (unpaired) electrons. The van der Waals surface area contributed by atoms with E-state index in [4.69, 9.17) is 22.1 Å². The molecule has 1 aliphatic heterocycles. The topological polar surface area (TPSA) is 103 Å². The third-order valence-electron chi connectivity index (χ3n) is 5.93. The summed E-state index contributed by atoms with van der Waals surface area (Å²) in [6, 6.07) is 8.31. The highest BCUT2D eigenvalue weighted by Gasteiger charge is 2.21. The molecular formula is C23H24ClN5O2S. The minimum Gasteiger partial charge on any atom is -0.372 e. The lowest BCUT2D eigenvalue weighted by molar-refractivity contribution is -0.121. The van der Waals surface area contributed by atoms with E-state index in [1.807, 2.05) is 18.2 Å². The Hall–Kier alpha value is -2.42. The van der Waals surface area contributed by atoms with E-state index < -0.39 is 0 Å². The van der Waals surface area contributed by atoms with Gasteiger partial charge in [0.2, 0.25) is 11.9 Å². The van der Waals surface area contributed by atoms with Crippen molar-refractivity contribution in [2.75, 3.05) is 11.5 Å². The number of halogens is 1. The molecule has 1 aliphatic carbocycles. The Bertz CT molecular complexity index is 1180. The highest BCUT2D eigenvalue weighted by molar-refractivity contribution is 7.99. The molecule has 1 aromatic heterocycles. The Morgan fingerprint density at radius 2 is 2.00 bits per heavy atom. The van der Waals surface area contributed by atoms with Gasteiger partial charge in [0.05, 0.1) is 18.2 Å². The number of nitrogens with one attached hydrogen (secondary N) is 1. The molecule has 2 aromatic carbocycles. The summed E-state index contributed by atoms with van der Waals surface area (Å²) in [5.41, 5.74) is 8.92. The van der Waals surface area contributed by atoms with Crippen LogP contribution in [0.2, 0.25) is 5.02 Å². The summed E-state index contributed by atoms with van der Waals surface area (Å²) in [6.45, 7) is 1.09. The first-order valence-corrected chi connectivity index (χ1v) is 12.2. The van der Waals surface area contributed by atoms with Crippen LogP contribution >= 0.6 is 23.4 Å². The Kier molecular flexibility index (Phi) is 6.17. The van der Waals surface area contributed by atoms with Crippen LogP contribution in [0.1, 0.15) is 43.2 Å².